The van der Waals surface area contributed by atoms with Crippen molar-refractivity contribution in [3.05, 3.63) is 29.8 Å². The highest BCUT2D eigenvalue weighted by Gasteiger charge is 2.39. The molecule has 1 aliphatic rings. The van der Waals surface area contributed by atoms with Gasteiger partial charge in [-0.1, -0.05) is 12.1 Å². The highest BCUT2D eigenvalue weighted by Crippen LogP contribution is 2.44. The minimum Gasteiger partial charge on any atom is -0.494 e. The minimum absolute atomic E-state index is 0.410. The second-order valence-electron chi connectivity index (χ2n) is 5.63. The number of ether oxygens (including phenoxy) is 1. The lowest BCUT2D eigenvalue weighted by Gasteiger charge is -2.22. The van der Waals surface area contributed by atoms with Crippen LogP contribution in [0.4, 0.5) is 0 Å². The van der Waals surface area contributed by atoms with Crippen molar-refractivity contribution in [2.24, 2.45) is 4.99 Å². The molecule has 0 saturated heterocycles. The summed E-state index contributed by atoms with van der Waals surface area (Å²) in [5.74, 6) is 2.53. The maximum Gasteiger partial charge on any atom is 0.195 e. The molecule has 0 aliphatic heterocycles. The van der Waals surface area contributed by atoms with Crippen LogP contribution in [0.15, 0.2) is 29.3 Å². The van der Waals surface area contributed by atoms with Gasteiger partial charge in [0.05, 0.1) is 12.6 Å². The van der Waals surface area contributed by atoms with E-state index in [2.05, 4.69) is 34.1 Å². The van der Waals surface area contributed by atoms with E-state index >= 15 is 0 Å². The van der Waals surface area contributed by atoms with E-state index in [1.807, 2.05) is 35.1 Å². The first kappa shape index (κ1) is 14.7. The first-order valence-corrected chi connectivity index (χ1v) is 7.18. The van der Waals surface area contributed by atoms with E-state index in [0.29, 0.717) is 18.6 Å². The second-order valence-corrected chi connectivity index (χ2v) is 5.63. The molecule has 0 aromatic heterocycles. The van der Waals surface area contributed by atoms with Gasteiger partial charge in [-0.15, -0.1) is 0 Å². The van der Waals surface area contributed by atoms with Gasteiger partial charge < -0.3 is 14.5 Å². The molecule has 2 rings (SSSR count). The summed E-state index contributed by atoms with van der Waals surface area (Å²) in [6.07, 6.45) is 1.14. The summed E-state index contributed by atoms with van der Waals surface area (Å²) < 4.78 is 5.47. The molecule has 0 N–H and O–H groups in total. The van der Waals surface area contributed by atoms with E-state index in [1.165, 1.54) is 5.56 Å². The summed E-state index contributed by atoms with van der Waals surface area (Å²) in [7, 11) is 8.14. The lowest BCUT2D eigenvalue weighted by molar-refractivity contribution is 0.340. The second kappa shape index (κ2) is 6.16. The summed E-state index contributed by atoms with van der Waals surface area (Å²) in [6, 6.07) is 8.84. The minimum atomic E-state index is 0.410. The summed E-state index contributed by atoms with van der Waals surface area (Å²) in [4.78, 5) is 8.97. The van der Waals surface area contributed by atoms with Crippen molar-refractivity contribution in [2.75, 3.05) is 34.8 Å². The van der Waals surface area contributed by atoms with Crippen LogP contribution in [0.2, 0.25) is 0 Å². The molecule has 2 atom stereocenters. The van der Waals surface area contributed by atoms with Crippen LogP contribution in [-0.4, -0.2) is 56.6 Å². The number of rotatable bonds is 4. The molecule has 1 fully saturated rings. The fourth-order valence-electron chi connectivity index (χ4n) is 2.44. The van der Waals surface area contributed by atoms with Crippen LogP contribution in [0.3, 0.4) is 0 Å². The fourth-order valence-corrected chi connectivity index (χ4v) is 2.44. The van der Waals surface area contributed by atoms with Crippen LogP contribution < -0.4 is 4.74 Å². The van der Waals surface area contributed by atoms with Gasteiger partial charge >= 0.3 is 0 Å². The number of aliphatic imine (C=N–C) groups is 1. The fraction of sp³-hybridized carbons (Fsp3) is 0.562. The molecule has 4 nitrogen and oxygen atoms in total. The van der Waals surface area contributed by atoms with E-state index in [-0.39, 0.29) is 0 Å². The predicted molar refractivity (Wildman–Crippen MR) is 83.6 cm³/mol. The molecule has 1 aromatic rings. The van der Waals surface area contributed by atoms with Gasteiger partial charge in [-0.3, -0.25) is 0 Å². The van der Waals surface area contributed by atoms with Crippen molar-refractivity contribution >= 4 is 5.96 Å². The zero-order valence-corrected chi connectivity index (χ0v) is 13.1. The van der Waals surface area contributed by atoms with Crippen molar-refractivity contribution < 1.29 is 4.74 Å². The smallest absolute Gasteiger partial charge is 0.195 e. The molecule has 4 heteroatoms. The van der Waals surface area contributed by atoms with Crippen molar-refractivity contribution in [3.63, 3.8) is 0 Å². The van der Waals surface area contributed by atoms with E-state index in [1.54, 1.807) is 0 Å². The SMILES string of the molecule is CCOc1ccc(C2CC2N=C(N(C)C)N(C)C)cc1. The summed E-state index contributed by atoms with van der Waals surface area (Å²) in [5.41, 5.74) is 1.36. The molecular weight excluding hydrogens is 250 g/mol. The zero-order chi connectivity index (χ0) is 14.7. The normalized spacial score (nSPS) is 20.2. The van der Waals surface area contributed by atoms with Gasteiger partial charge in [0, 0.05) is 34.1 Å². The Hall–Kier alpha value is -1.71. The lowest BCUT2D eigenvalue weighted by atomic mass is 10.1. The molecule has 0 radical (unpaired) electrons. The highest BCUT2D eigenvalue weighted by molar-refractivity contribution is 5.79. The van der Waals surface area contributed by atoms with E-state index in [4.69, 9.17) is 9.73 Å². The molecule has 1 aliphatic carbocycles. The van der Waals surface area contributed by atoms with E-state index in [9.17, 15) is 0 Å². The van der Waals surface area contributed by atoms with Gasteiger partial charge in [-0.05, 0) is 31.0 Å². The van der Waals surface area contributed by atoms with E-state index in [0.717, 1.165) is 18.1 Å². The van der Waals surface area contributed by atoms with E-state index < -0.39 is 0 Å². The third-order valence-electron chi connectivity index (χ3n) is 3.46. The van der Waals surface area contributed by atoms with Crippen molar-refractivity contribution in [3.8, 4) is 5.75 Å². The zero-order valence-electron chi connectivity index (χ0n) is 13.1. The summed E-state index contributed by atoms with van der Waals surface area (Å²) >= 11 is 0. The summed E-state index contributed by atoms with van der Waals surface area (Å²) in [5, 5.41) is 0. The molecule has 0 amide bonds. The molecule has 1 aromatic carbocycles. The molecule has 0 heterocycles. The Morgan fingerprint density at radius 3 is 2.25 bits per heavy atom. The number of nitrogens with zero attached hydrogens (tertiary/aromatic N) is 3. The average Bonchev–Trinajstić information content (AvgIpc) is 3.16. The Kier molecular flexibility index (Phi) is 4.53. The maximum atomic E-state index is 5.47. The predicted octanol–water partition coefficient (Wildman–Crippen LogP) is 2.42. The van der Waals surface area contributed by atoms with Crippen molar-refractivity contribution in [1.82, 2.24) is 9.80 Å². The Bertz CT molecular complexity index is 455. The first-order valence-electron chi connectivity index (χ1n) is 7.18. The molecule has 0 spiro atoms. The van der Waals surface area contributed by atoms with Gasteiger partial charge in [0.1, 0.15) is 5.75 Å². The van der Waals surface area contributed by atoms with Crippen LogP contribution in [0.5, 0.6) is 5.75 Å². The molecule has 20 heavy (non-hydrogen) atoms. The molecule has 0 bridgehead atoms. The van der Waals surface area contributed by atoms with Crippen LogP contribution in [0.1, 0.15) is 24.8 Å². The quantitative estimate of drug-likeness (QED) is 0.624. The average molecular weight is 275 g/mol. The summed E-state index contributed by atoms with van der Waals surface area (Å²) in [6.45, 7) is 2.72. The number of hydrogen-bond acceptors (Lipinski definition) is 2. The van der Waals surface area contributed by atoms with Crippen molar-refractivity contribution in [1.29, 1.82) is 0 Å². The molecule has 1 saturated carbocycles. The van der Waals surface area contributed by atoms with Crippen LogP contribution in [0, 0.1) is 0 Å². The largest absolute Gasteiger partial charge is 0.494 e. The Labute approximate surface area is 122 Å². The Morgan fingerprint density at radius 1 is 1.15 bits per heavy atom. The Morgan fingerprint density at radius 2 is 1.75 bits per heavy atom. The maximum absolute atomic E-state index is 5.47. The van der Waals surface area contributed by atoms with Gasteiger partial charge in [-0.25, -0.2) is 4.99 Å². The number of benzene rings is 1. The standard InChI is InChI=1S/C16H25N3O/c1-6-20-13-9-7-12(8-10-13)14-11-15(14)17-16(18(2)3)19(4)5/h7-10,14-15H,6,11H2,1-5H3. The van der Waals surface area contributed by atoms with Crippen LogP contribution >= 0.6 is 0 Å². The Balaban J connectivity index is 2.02. The topological polar surface area (TPSA) is 28.1 Å². The number of guanidine groups is 1. The van der Waals surface area contributed by atoms with Gasteiger partial charge in [0.25, 0.3) is 0 Å². The third kappa shape index (κ3) is 3.44. The van der Waals surface area contributed by atoms with Gasteiger partial charge in [0.2, 0.25) is 0 Å². The molecule has 110 valence electrons. The van der Waals surface area contributed by atoms with Crippen LogP contribution in [0.25, 0.3) is 0 Å². The number of hydrogen-bond donors (Lipinski definition) is 0. The van der Waals surface area contributed by atoms with Crippen LogP contribution in [-0.2, 0) is 0 Å². The first-order chi connectivity index (χ1) is 9.52. The van der Waals surface area contributed by atoms with Crippen molar-refractivity contribution in [2.45, 2.75) is 25.3 Å². The third-order valence-corrected chi connectivity index (χ3v) is 3.46. The monoisotopic (exact) mass is 275 g/mol. The van der Waals surface area contributed by atoms with Gasteiger partial charge in [-0.2, -0.15) is 0 Å². The lowest BCUT2D eigenvalue weighted by Crippen LogP contribution is -2.35. The highest BCUT2D eigenvalue weighted by atomic mass is 16.5. The molecular formula is C16H25N3O. The van der Waals surface area contributed by atoms with Gasteiger partial charge in [0.15, 0.2) is 5.96 Å². The molecule has 2 unspecified atom stereocenters.